The van der Waals surface area contributed by atoms with Crippen molar-refractivity contribution in [2.24, 2.45) is 5.73 Å². The molecule has 0 aliphatic heterocycles. The quantitative estimate of drug-likeness (QED) is 0.879. The second-order valence-electron chi connectivity index (χ2n) is 4.30. The summed E-state index contributed by atoms with van der Waals surface area (Å²) in [5.41, 5.74) is 6.97. The van der Waals surface area contributed by atoms with Crippen LogP contribution >= 0.6 is 15.9 Å². The molecule has 0 amide bonds. The monoisotopic (exact) mass is 301 g/mol. The molecule has 0 saturated carbocycles. The minimum absolute atomic E-state index is 0.0886. The van der Waals surface area contributed by atoms with Crippen LogP contribution in [0.5, 0.6) is 5.75 Å². The van der Waals surface area contributed by atoms with Crippen molar-refractivity contribution in [1.29, 1.82) is 0 Å². The van der Waals surface area contributed by atoms with Gasteiger partial charge in [0.1, 0.15) is 12.4 Å². The molecule has 0 spiro atoms. The van der Waals surface area contributed by atoms with Crippen LogP contribution in [0.2, 0.25) is 0 Å². The Bertz CT molecular complexity index is 355. The van der Waals surface area contributed by atoms with Gasteiger partial charge in [0.2, 0.25) is 0 Å². The Labute approximate surface area is 111 Å². The molecule has 0 saturated heterocycles. The van der Waals surface area contributed by atoms with Gasteiger partial charge in [-0.05, 0) is 53.9 Å². The van der Waals surface area contributed by atoms with Crippen molar-refractivity contribution in [1.82, 2.24) is 0 Å². The number of hydrogen-bond donors (Lipinski definition) is 1. The van der Waals surface area contributed by atoms with E-state index in [-0.39, 0.29) is 12.1 Å². The van der Waals surface area contributed by atoms with E-state index in [1.54, 1.807) is 7.11 Å². The number of hydrogen-bond acceptors (Lipinski definition) is 3. The lowest BCUT2D eigenvalue weighted by Gasteiger charge is -2.13. The highest BCUT2D eigenvalue weighted by molar-refractivity contribution is 9.10. The summed E-state index contributed by atoms with van der Waals surface area (Å²) in [5, 5.41) is 0. The molecule has 17 heavy (non-hydrogen) atoms. The Hall–Kier alpha value is -0.580. The van der Waals surface area contributed by atoms with Gasteiger partial charge in [-0.2, -0.15) is 0 Å². The van der Waals surface area contributed by atoms with E-state index in [2.05, 4.69) is 22.0 Å². The summed E-state index contributed by atoms with van der Waals surface area (Å²) < 4.78 is 11.7. The lowest BCUT2D eigenvalue weighted by Crippen LogP contribution is -2.18. The molecule has 0 bridgehead atoms. The molecule has 0 heterocycles. The van der Waals surface area contributed by atoms with Gasteiger partial charge < -0.3 is 15.2 Å². The molecule has 0 aliphatic carbocycles. The number of nitrogens with two attached hydrogens (primary N) is 1. The van der Waals surface area contributed by atoms with E-state index >= 15 is 0 Å². The van der Waals surface area contributed by atoms with E-state index < -0.39 is 0 Å². The first-order valence-electron chi connectivity index (χ1n) is 5.72. The third-order valence-electron chi connectivity index (χ3n) is 2.43. The van der Waals surface area contributed by atoms with E-state index in [0.29, 0.717) is 6.61 Å². The molecule has 0 fully saturated rings. The fourth-order valence-corrected chi connectivity index (χ4v) is 1.98. The Morgan fingerprint density at radius 1 is 1.35 bits per heavy atom. The summed E-state index contributed by atoms with van der Waals surface area (Å²) in [7, 11) is 1.68. The molecule has 2 atom stereocenters. The minimum atomic E-state index is 0.0886. The Kier molecular flexibility index (Phi) is 5.95. The van der Waals surface area contributed by atoms with Gasteiger partial charge in [-0.15, -0.1) is 0 Å². The fourth-order valence-electron chi connectivity index (χ4n) is 1.44. The zero-order valence-electron chi connectivity index (χ0n) is 10.6. The topological polar surface area (TPSA) is 44.5 Å². The smallest absolute Gasteiger partial charge is 0.133 e. The van der Waals surface area contributed by atoms with Gasteiger partial charge >= 0.3 is 0 Å². The highest BCUT2D eigenvalue weighted by Crippen LogP contribution is 2.26. The molecule has 1 rings (SSSR count). The SMILES string of the molecule is COC(C)COc1ccc(CC(C)N)cc1Br. The lowest BCUT2D eigenvalue weighted by molar-refractivity contribution is 0.0714. The third kappa shape index (κ3) is 5.06. The fraction of sp³-hybridized carbons (Fsp3) is 0.538. The van der Waals surface area contributed by atoms with Crippen LogP contribution in [0.15, 0.2) is 22.7 Å². The first kappa shape index (κ1) is 14.5. The highest BCUT2D eigenvalue weighted by atomic mass is 79.9. The summed E-state index contributed by atoms with van der Waals surface area (Å²) >= 11 is 3.50. The average Bonchev–Trinajstić information content (AvgIpc) is 2.26. The second-order valence-corrected chi connectivity index (χ2v) is 5.16. The van der Waals surface area contributed by atoms with Crippen molar-refractivity contribution in [3.8, 4) is 5.75 Å². The zero-order valence-corrected chi connectivity index (χ0v) is 12.2. The lowest BCUT2D eigenvalue weighted by atomic mass is 10.1. The summed E-state index contributed by atoms with van der Waals surface area (Å²) in [4.78, 5) is 0. The van der Waals surface area contributed by atoms with Gasteiger partial charge in [0.15, 0.2) is 0 Å². The van der Waals surface area contributed by atoms with Gasteiger partial charge in [-0.3, -0.25) is 0 Å². The van der Waals surface area contributed by atoms with Crippen LogP contribution in [0.3, 0.4) is 0 Å². The van der Waals surface area contributed by atoms with Gasteiger partial charge in [0, 0.05) is 13.2 Å². The van der Waals surface area contributed by atoms with Gasteiger partial charge in [-0.25, -0.2) is 0 Å². The predicted octanol–water partition coefficient (Wildman–Crippen LogP) is 2.75. The molecule has 1 aromatic carbocycles. The molecule has 96 valence electrons. The highest BCUT2D eigenvalue weighted by Gasteiger charge is 2.06. The first-order chi connectivity index (χ1) is 8.02. The molecular weight excluding hydrogens is 282 g/mol. The maximum atomic E-state index is 5.77. The van der Waals surface area contributed by atoms with Gasteiger partial charge in [0.25, 0.3) is 0 Å². The molecule has 2 unspecified atom stereocenters. The third-order valence-corrected chi connectivity index (χ3v) is 3.05. The average molecular weight is 302 g/mol. The van der Waals surface area contributed by atoms with Crippen LogP contribution in [-0.2, 0) is 11.2 Å². The molecule has 0 aliphatic rings. The van der Waals surface area contributed by atoms with Crippen LogP contribution in [-0.4, -0.2) is 25.9 Å². The van der Waals surface area contributed by atoms with Crippen molar-refractivity contribution < 1.29 is 9.47 Å². The van der Waals surface area contributed by atoms with Crippen molar-refractivity contribution >= 4 is 15.9 Å². The minimum Gasteiger partial charge on any atom is -0.490 e. The molecule has 4 heteroatoms. The number of halogens is 1. The standard InChI is InChI=1S/C13H20BrNO2/c1-9(15)6-11-4-5-13(12(14)7-11)17-8-10(2)16-3/h4-5,7,9-10H,6,8,15H2,1-3H3. The number of ether oxygens (including phenoxy) is 2. The Morgan fingerprint density at radius 3 is 2.59 bits per heavy atom. The van der Waals surface area contributed by atoms with Crippen LogP contribution in [0.4, 0.5) is 0 Å². The normalized spacial score (nSPS) is 14.4. The molecule has 0 aromatic heterocycles. The van der Waals surface area contributed by atoms with E-state index in [1.165, 1.54) is 5.56 Å². The van der Waals surface area contributed by atoms with Crippen LogP contribution < -0.4 is 10.5 Å². The number of rotatable bonds is 6. The summed E-state index contributed by atoms with van der Waals surface area (Å²) in [6.07, 6.45) is 0.957. The molecule has 0 radical (unpaired) electrons. The first-order valence-corrected chi connectivity index (χ1v) is 6.51. The van der Waals surface area contributed by atoms with Crippen LogP contribution in [0, 0.1) is 0 Å². The summed E-state index contributed by atoms with van der Waals surface area (Å²) in [6, 6.07) is 6.23. The predicted molar refractivity (Wildman–Crippen MR) is 73.5 cm³/mol. The van der Waals surface area contributed by atoms with Crippen molar-refractivity contribution in [3.05, 3.63) is 28.2 Å². The zero-order chi connectivity index (χ0) is 12.8. The number of benzene rings is 1. The van der Waals surface area contributed by atoms with Crippen LogP contribution in [0.25, 0.3) is 0 Å². The largest absolute Gasteiger partial charge is 0.490 e. The number of methoxy groups -OCH3 is 1. The van der Waals surface area contributed by atoms with Gasteiger partial charge in [-0.1, -0.05) is 6.07 Å². The van der Waals surface area contributed by atoms with Crippen molar-refractivity contribution in [3.63, 3.8) is 0 Å². The van der Waals surface area contributed by atoms with Crippen molar-refractivity contribution in [2.75, 3.05) is 13.7 Å². The van der Waals surface area contributed by atoms with Crippen LogP contribution in [0.1, 0.15) is 19.4 Å². The molecule has 3 nitrogen and oxygen atoms in total. The Morgan fingerprint density at radius 2 is 2.06 bits per heavy atom. The summed E-state index contributed by atoms with van der Waals surface area (Å²) in [6.45, 7) is 4.51. The van der Waals surface area contributed by atoms with E-state index in [0.717, 1.165) is 16.6 Å². The molecule has 1 aromatic rings. The Balaban J connectivity index is 2.63. The van der Waals surface area contributed by atoms with Gasteiger partial charge in [0.05, 0.1) is 10.6 Å². The van der Waals surface area contributed by atoms with E-state index in [1.807, 2.05) is 26.0 Å². The summed E-state index contributed by atoms with van der Waals surface area (Å²) in [5.74, 6) is 0.835. The maximum Gasteiger partial charge on any atom is 0.133 e. The van der Waals surface area contributed by atoms with E-state index in [4.69, 9.17) is 15.2 Å². The van der Waals surface area contributed by atoms with Crippen molar-refractivity contribution in [2.45, 2.75) is 32.4 Å². The molecular formula is C13H20BrNO2. The second kappa shape index (κ2) is 6.99. The molecule has 2 N–H and O–H groups in total. The maximum absolute atomic E-state index is 5.77. The van der Waals surface area contributed by atoms with E-state index in [9.17, 15) is 0 Å².